The van der Waals surface area contributed by atoms with Crippen LogP contribution in [0.15, 0.2) is 12.1 Å². The van der Waals surface area contributed by atoms with E-state index in [1.165, 1.54) is 27.5 Å². The Kier molecular flexibility index (Phi) is 4.63. The van der Waals surface area contributed by atoms with Crippen molar-refractivity contribution < 1.29 is 13.2 Å². The summed E-state index contributed by atoms with van der Waals surface area (Å²) in [5.74, 6) is -0.486. The largest absolute Gasteiger partial charge is 0.302 e. The second-order valence-corrected chi connectivity index (χ2v) is 9.34. The number of hydrogen-bond acceptors (Lipinski definition) is 5. The number of aryl methyl sites for hydroxylation is 2. The van der Waals surface area contributed by atoms with Crippen LogP contribution < -0.4 is 5.32 Å². The molecule has 0 bridgehead atoms. The van der Waals surface area contributed by atoms with Gasteiger partial charge in [0.2, 0.25) is 15.9 Å². The first-order chi connectivity index (χ1) is 11.3. The van der Waals surface area contributed by atoms with E-state index in [4.69, 9.17) is 0 Å². The zero-order valence-electron chi connectivity index (χ0n) is 14.0. The van der Waals surface area contributed by atoms with Crippen molar-refractivity contribution in [3.8, 4) is 0 Å². The van der Waals surface area contributed by atoms with Crippen LogP contribution in [0.3, 0.4) is 0 Å². The zero-order valence-corrected chi connectivity index (χ0v) is 15.6. The summed E-state index contributed by atoms with van der Waals surface area (Å²) in [6.07, 6.45) is 2.58. The summed E-state index contributed by atoms with van der Waals surface area (Å²) < 4.78 is 25.8. The molecule has 6 nitrogen and oxygen atoms in total. The lowest BCUT2D eigenvalue weighted by Gasteiger charge is -2.29. The van der Waals surface area contributed by atoms with Crippen molar-refractivity contribution in [2.24, 2.45) is 5.92 Å². The van der Waals surface area contributed by atoms with Crippen LogP contribution in [0.2, 0.25) is 0 Å². The van der Waals surface area contributed by atoms with Crippen molar-refractivity contribution in [2.45, 2.75) is 26.7 Å². The molecule has 24 heavy (non-hydrogen) atoms. The molecule has 1 fully saturated rings. The van der Waals surface area contributed by atoms with Crippen LogP contribution in [0.4, 0.5) is 5.13 Å². The minimum absolute atomic E-state index is 0.156. The number of piperidine rings is 1. The predicted molar refractivity (Wildman–Crippen MR) is 96.9 cm³/mol. The van der Waals surface area contributed by atoms with Gasteiger partial charge in [-0.2, -0.15) is 0 Å². The lowest BCUT2D eigenvalue weighted by Crippen LogP contribution is -2.43. The monoisotopic (exact) mass is 367 g/mol. The highest BCUT2D eigenvalue weighted by Crippen LogP contribution is 2.30. The maximum absolute atomic E-state index is 12.5. The maximum atomic E-state index is 12.5. The number of hydrogen-bond donors (Lipinski definition) is 1. The molecule has 1 saturated heterocycles. The predicted octanol–water partition coefficient (Wildman–Crippen LogP) is 2.52. The summed E-state index contributed by atoms with van der Waals surface area (Å²) in [7, 11) is -3.26. The molecule has 0 radical (unpaired) electrons. The van der Waals surface area contributed by atoms with Gasteiger partial charge in [0.05, 0.1) is 22.4 Å². The average molecular weight is 367 g/mol. The molecule has 2 heterocycles. The number of amides is 1. The number of rotatable bonds is 3. The zero-order chi connectivity index (χ0) is 17.5. The van der Waals surface area contributed by atoms with E-state index in [9.17, 15) is 13.2 Å². The summed E-state index contributed by atoms with van der Waals surface area (Å²) in [5, 5.41) is 3.44. The third-order valence-electron chi connectivity index (χ3n) is 4.54. The molecule has 1 aromatic heterocycles. The molecular formula is C16H21N3O3S2. The number of thiazole rings is 1. The van der Waals surface area contributed by atoms with Crippen molar-refractivity contribution in [3.63, 3.8) is 0 Å². The fraction of sp³-hybridized carbons (Fsp3) is 0.500. The number of carbonyl (C=O) groups is 1. The smallest absolute Gasteiger partial charge is 0.230 e. The topological polar surface area (TPSA) is 79.4 Å². The number of nitrogens with zero attached hydrogens (tertiary/aromatic N) is 2. The highest BCUT2D eigenvalue weighted by atomic mass is 32.2. The van der Waals surface area contributed by atoms with E-state index >= 15 is 0 Å². The quantitative estimate of drug-likeness (QED) is 0.904. The van der Waals surface area contributed by atoms with E-state index in [2.05, 4.69) is 10.3 Å². The first-order valence-corrected chi connectivity index (χ1v) is 10.5. The highest BCUT2D eigenvalue weighted by Gasteiger charge is 2.30. The van der Waals surface area contributed by atoms with Gasteiger partial charge >= 0.3 is 0 Å². The van der Waals surface area contributed by atoms with Crippen LogP contribution in [0, 0.1) is 19.8 Å². The Morgan fingerprint density at radius 3 is 2.83 bits per heavy atom. The second kappa shape index (κ2) is 6.42. The molecule has 1 aliphatic rings. The molecule has 1 aromatic carbocycles. The second-order valence-electron chi connectivity index (χ2n) is 6.32. The number of sulfonamides is 1. The van der Waals surface area contributed by atoms with Gasteiger partial charge in [0, 0.05) is 13.1 Å². The summed E-state index contributed by atoms with van der Waals surface area (Å²) in [6, 6.07) is 4.06. The Balaban J connectivity index is 1.76. The summed E-state index contributed by atoms with van der Waals surface area (Å²) in [4.78, 5) is 17.0. The Morgan fingerprint density at radius 1 is 1.38 bits per heavy atom. The summed E-state index contributed by atoms with van der Waals surface area (Å²) >= 11 is 1.44. The van der Waals surface area contributed by atoms with E-state index in [1.54, 1.807) is 0 Å². The van der Waals surface area contributed by atoms with Crippen molar-refractivity contribution in [1.29, 1.82) is 0 Å². The molecule has 2 aromatic rings. The fourth-order valence-corrected chi connectivity index (χ4v) is 4.78. The average Bonchev–Trinajstić information content (AvgIpc) is 2.94. The van der Waals surface area contributed by atoms with E-state index in [0.717, 1.165) is 15.8 Å². The molecule has 1 amide bonds. The van der Waals surface area contributed by atoms with Crippen LogP contribution in [0.25, 0.3) is 10.2 Å². The lowest BCUT2D eigenvalue weighted by molar-refractivity contribution is -0.120. The molecule has 130 valence electrons. The Morgan fingerprint density at radius 2 is 2.12 bits per heavy atom. The number of carbonyl (C=O) groups excluding carboxylic acids is 1. The molecule has 1 atom stereocenters. The van der Waals surface area contributed by atoms with Gasteiger partial charge in [0.25, 0.3) is 0 Å². The molecule has 0 spiro atoms. The first kappa shape index (κ1) is 17.3. The third-order valence-corrected chi connectivity index (χ3v) is 6.74. The Labute approximate surface area is 145 Å². The normalized spacial score (nSPS) is 19.5. The molecule has 8 heteroatoms. The summed E-state index contributed by atoms with van der Waals surface area (Å²) in [5.41, 5.74) is 3.20. The SMILES string of the molecule is Cc1ccc2sc(NC(=O)C3CCCN(S(C)(=O)=O)C3)nc2c1C. The number of fused-ring (bicyclic) bond motifs is 1. The number of anilines is 1. The van der Waals surface area contributed by atoms with Gasteiger partial charge in [-0.3, -0.25) is 4.79 Å². The lowest BCUT2D eigenvalue weighted by atomic mass is 9.99. The van der Waals surface area contributed by atoms with Crippen LogP contribution in [0.1, 0.15) is 24.0 Å². The standard InChI is InChI=1S/C16H21N3O3S2/c1-10-6-7-13-14(11(10)2)17-16(23-13)18-15(20)12-5-4-8-19(9-12)24(3,21)22/h6-7,12H,4-5,8-9H2,1-3H3,(H,17,18,20). The number of aromatic nitrogens is 1. The molecule has 1 unspecified atom stereocenters. The van der Waals surface area contributed by atoms with E-state index in [0.29, 0.717) is 24.5 Å². The maximum Gasteiger partial charge on any atom is 0.230 e. The molecule has 3 rings (SSSR count). The van der Waals surface area contributed by atoms with Gasteiger partial charge in [0.1, 0.15) is 0 Å². The van der Waals surface area contributed by atoms with Crippen LogP contribution in [0.5, 0.6) is 0 Å². The number of benzene rings is 1. The van der Waals surface area contributed by atoms with Gasteiger partial charge in [-0.15, -0.1) is 0 Å². The Bertz CT molecular complexity index is 889. The van der Waals surface area contributed by atoms with Gasteiger partial charge in [0.15, 0.2) is 5.13 Å². The van der Waals surface area contributed by atoms with Crippen LogP contribution >= 0.6 is 11.3 Å². The molecule has 0 saturated carbocycles. The first-order valence-electron chi connectivity index (χ1n) is 7.88. The number of nitrogens with one attached hydrogen (secondary N) is 1. The van der Waals surface area contributed by atoms with E-state index < -0.39 is 10.0 Å². The van der Waals surface area contributed by atoms with Crippen molar-refractivity contribution in [1.82, 2.24) is 9.29 Å². The van der Waals surface area contributed by atoms with Crippen LogP contribution in [-0.4, -0.2) is 43.0 Å². The van der Waals surface area contributed by atoms with Gasteiger partial charge in [-0.05, 0) is 43.9 Å². The van der Waals surface area contributed by atoms with Gasteiger partial charge < -0.3 is 5.32 Å². The molecule has 0 aliphatic carbocycles. The highest BCUT2D eigenvalue weighted by molar-refractivity contribution is 7.88. The Hall–Kier alpha value is -1.51. The summed E-state index contributed by atoms with van der Waals surface area (Å²) in [6.45, 7) is 4.79. The van der Waals surface area contributed by atoms with Gasteiger partial charge in [-0.25, -0.2) is 17.7 Å². The van der Waals surface area contributed by atoms with Crippen molar-refractivity contribution in [3.05, 3.63) is 23.3 Å². The van der Waals surface area contributed by atoms with Crippen molar-refractivity contribution in [2.75, 3.05) is 24.7 Å². The molecule has 1 N–H and O–H groups in total. The van der Waals surface area contributed by atoms with E-state index in [-0.39, 0.29) is 18.4 Å². The van der Waals surface area contributed by atoms with E-state index in [1.807, 2.05) is 26.0 Å². The minimum atomic E-state index is -3.26. The van der Waals surface area contributed by atoms with Crippen LogP contribution in [-0.2, 0) is 14.8 Å². The molecule has 1 aliphatic heterocycles. The van der Waals surface area contributed by atoms with Gasteiger partial charge in [-0.1, -0.05) is 17.4 Å². The van der Waals surface area contributed by atoms with Crippen molar-refractivity contribution >= 4 is 42.6 Å². The fourth-order valence-electron chi connectivity index (χ4n) is 2.94. The minimum Gasteiger partial charge on any atom is -0.302 e. The molecular weight excluding hydrogens is 346 g/mol. The third kappa shape index (κ3) is 3.45.